The predicted octanol–water partition coefficient (Wildman–Crippen LogP) is 0.742. The molecule has 0 saturated carbocycles. The molecule has 24 heavy (non-hydrogen) atoms. The van der Waals surface area contributed by atoms with Crippen LogP contribution in [0, 0.1) is 19.8 Å². The summed E-state index contributed by atoms with van der Waals surface area (Å²) in [5, 5.41) is 7.91. The Morgan fingerprint density at radius 2 is 2.21 bits per heavy atom. The highest BCUT2D eigenvalue weighted by Crippen LogP contribution is 2.19. The van der Waals surface area contributed by atoms with Crippen molar-refractivity contribution in [3.63, 3.8) is 0 Å². The maximum atomic E-state index is 11.2. The van der Waals surface area contributed by atoms with E-state index in [9.17, 15) is 4.79 Å². The highest BCUT2D eigenvalue weighted by Gasteiger charge is 2.23. The molecule has 134 valence electrons. The number of hydrogen-bond donors (Lipinski definition) is 2. The molecule has 3 N–H and O–H groups in total. The van der Waals surface area contributed by atoms with Crippen LogP contribution in [0.4, 0.5) is 0 Å². The van der Waals surface area contributed by atoms with E-state index in [1.54, 1.807) is 7.05 Å². The van der Waals surface area contributed by atoms with E-state index in [1.165, 1.54) is 11.3 Å². The summed E-state index contributed by atoms with van der Waals surface area (Å²) in [5.74, 6) is 1.02. The first-order valence-electron chi connectivity index (χ1n) is 8.65. The van der Waals surface area contributed by atoms with Crippen LogP contribution in [0.25, 0.3) is 0 Å². The zero-order valence-electron chi connectivity index (χ0n) is 15.3. The van der Waals surface area contributed by atoms with Crippen molar-refractivity contribution >= 4 is 11.9 Å². The monoisotopic (exact) mass is 334 g/mol. The third kappa shape index (κ3) is 4.49. The minimum atomic E-state index is -0.215. The molecule has 1 aliphatic heterocycles. The van der Waals surface area contributed by atoms with Gasteiger partial charge in [0.25, 0.3) is 0 Å². The summed E-state index contributed by atoms with van der Waals surface area (Å²) in [4.78, 5) is 17.8. The largest absolute Gasteiger partial charge is 0.370 e. The van der Waals surface area contributed by atoms with Gasteiger partial charge in [0.2, 0.25) is 5.91 Å². The lowest BCUT2D eigenvalue weighted by atomic mass is 9.95. The number of aryl methyl sites for hydroxylation is 2. The number of carbonyl (C=O) groups excluding carboxylic acids is 1. The van der Waals surface area contributed by atoms with Gasteiger partial charge in [0.05, 0.1) is 5.69 Å². The number of nitrogens with zero attached hydrogens (tertiary/aromatic N) is 4. The van der Waals surface area contributed by atoms with Gasteiger partial charge in [0.1, 0.15) is 0 Å². The van der Waals surface area contributed by atoms with Crippen molar-refractivity contribution in [1.29, 1.82) is 0 Å². The molecule has 1 aromatic rings. The first-order chi connectivity index (χ1) is 11.4. The van der Waals surface area contributed by atoms with E-state index in [1.807, 2.05) is 11.7 Å². The van der Waals surface area contributed by atoms with Gasteiger partial charge in [0.15, 0.2) is 5.96 Å². The molecule has 1 aliphatic rings. The van der Waals surface area contributed by atoms with Crippen LogP contribution in [0.5, 0.6) is 0 Å². The smallest absolute Gasteiger partial charge is 0.217 e. The molecule has 0 aromatic carbocycles. The van der Waals surface area contributed by atoms with E-state index < -0.39 is 0 Å². The fourth-order valence-electron chi connectivity index (χ4n) is 3.52. The average molecular weight is 334 g/mol. The molecule has 0 spiro atoms. The lowest BCUT2D eigenvalue weighted by molar-refractivity contribution is -0.119. The summed E-state index contributed by atoms with van der Waals surface area (Å²) in [5.41, 5.74) is 8.94. The van der Waals surface area contributed by atoms with Crippen molar-refractivity contribution in [2.24, 2.45) is 23.7 Å². The Morgan fingerprint density at radius 3 is 2.79 bits per heavy atom. The molecule has 7 nitrogen and oxygen atoms in total. The standard InChI is InChI=1S/C17H30N6O/c1-12-15(13(2)22(4)21-12)7-8-20-17(19-3)23-9-5-6-14(11-23)10-16(18)24/h14H,5-11H2,1-4H3,(H2,18,24)(H,19,20). The first-order valence-corrected chi connectivity index (χ1v) is 8.65. The van der Waals surface area contributed by atoms with E-state index in [-0.39, 0.29) is 5.91 Å². The van der Waals surface area contributed by atoms with Crippen molar-refractivity contribution in [3.05, 3.63) is 17.0 Å². The second-order valence-electron chi connectivity index (χ2n) is 6.62. The van der Waals surface area contributed by atoms with Crippen molar-refractivity contribution in [1.82, 2.24) is 20.0 Å². The topological polar surface area (TPSA) is 88.5 Å². The Morgan fingerprint density at radius 1 is 1.46 bits per heavy atom. The SMILES string of the molecule is CN=C(NCCc1c(C)nn(C)c1C)N1CCCC(CC(N)=O)C1. The highest BCUT2D eigenvalue weighted by atomic mass is 16.1. The summed E-state index contributed by atoms with van der Waals surface area (Å²) in [6, 6.07) is 0. The molecular weight excluding hydrogens is 304 g/mol. The molecule has 2 heterocycles. The minimum Gasteiger partial charge on any atom is -0.370 e. The van der Waals surface area contributed by atoms with Crippen LogP contribution in [0.15, 0.2) is 4.99 Å². The molecule has 7 heteroatoms. The Labute approximate surface area is 144 Å². The minimum absolute atomic E-state index is 0.215. The lowest BCUT2D eigenvalue weighted by Crippen LogP contribution is -2.47. The molecular formula is C17H30N6O. The van der Waals surface area contributed by atoms with E-state index in [0.717, 1.165) is 50.6 Å². The van der Waals surface area contributed by atoms with Crippen LogP contribution >= 0.6 is 0 Å². The number of carbonyl (C=O) groups is 1. The first kappa shape index (κ1) is 18.3. The van der Waals surface area contributed by atoms with Crippen molar-refractivity contribution in [3.8, 4) is 0 Å². The maximum Gasteiger partial charge on any atom is 0.217 e. The van der Waals surface area contributed by atoms with Crippen molar-refractivity contribution < 1.29 is 4.79 Å². The summed E-state index contributed by atoms with van der Waals surface area (Å²) >= 11 is 0. The van der Waals surface area contributed by atoms with Crippen LogP contribution in [0.1, 0.15) is 36.2 Å². The van der Waals surface area contributed by atoms with Crippen LogP contribution in [-0.2, 0) is 18.3 Å². The van der Waals surface area contributed by atoms with Crippen molar-refractivity contribution in [2.45, 2.75) is 39.5 Å². The van der Waals surface area contributed by atoms with E-state index in [0.29, 0.717) is 12.3 Å². The van der Waals surface area contributed by atoms with Crippen molar-refractivity contribution in [2.75, 3.05) is 26.7 Å². The predicted molar refractivity (Wildman–Crippen MR) is 95.9 cm³/mol. The van der Waals surface area contributed by atoms with Crippen LogP contribution < -0.4 is 11.1 Å². The van der Waals surface area contributed by atoms with Gasteiger partial charge < -0.3 is 16.0 Å². The van der Waals surface area contributed by atoms with Gasteiger partial charge in [-0.05, 0) is 44.6 Å². The highest BCUT2D eigenvalue weighted by molar-refractivity contribution is 5.80. The zero-order chi connectivity index (χ0) is 17.7. The Hall–Kier alpha value is -2.05. The molecule has 2 rings (SSSR count). The summed E-state index contributed by atoms with van der Waals surface area (Å²) < 4.78 is 1.93. The number of piperidine rings is 1. The maximum absolute atomic E-state index is 11.2. The Bertz CT molecular complexity index is 606. The number of primary amides is 1. The zero-order valence-corrected chi connectivity index (χ0v) is 15.3. The lowest BCUT2D eigenvalue weighted by Gasteiger charge is -2.34. The summed E-state index contributed by atoms with van der Waals surface area (Å²) in [7, 11) is 3.78. The molecule has 0 radical (unpaired) electrons. The van der Waals surface area contributed by atoms with Crippen LogP contribution in [0.2, 0.25) is 0 Å². The van der Waals surface area contributed by atoms with Gasteiger partial charge in [-0.2, -0.15) is 5.10 Å². The van der Waals surface area contributed by atoms with E-state index in [2.05, 4.69) is 34.2 Å². The molecule has 1 saturated heterocycles. The quantitative estimate of drug-likeness (QED) is 0.614. The molecule has 1 atom stereocenters. The molecule has 0 bridgehead atoms. The summed E-state index contributed by atoms with van der Waals surface area (Å²) in [6.07, 6.45) is 3.51. The molecule has 1 unspecified atom stereocenters. The number of nitrogens with two attached hydrogens (primary N) is 1. The van der Waals surface area contributed by atoms with Gasteiger partial charge in [-0.1, -0.05) is 0 Å². The molecule has 0 aliphatic carbocycles. The number of guanidine groups is 1. The number of amides is 1. The van der Waals surface area contributed by atoms with Gasteiger partial charge in [-0.25, -0.2) is 0 Å². The van der Waals surface area contributed by atoms with Gasteiger partial charge >= 0.3 is 0 Å². The fourth-order valence-corrected chi connectivity index (χ4v) is 3.52. The van der Waals surface area contributed by atoms with Gasteiger partial charge in [-0.3, -0.25) is 14.5 Å². The molecule has 1 amide bonds. The van der Waals surface area contributed by atoms with Crippen LogP contribution in [0.3, 0.4) is 0 Å². The molecule has 1 aromatic heterocycles. The third-order valence-corrected chi connectivity index (χ3v) is 4.84. The second kappa shape index (κ2) is 8.17. The number of rotatable bonds is 5. The number of hydrogen-bond acceptors (Lipinski definition) is 3. The normalized spacial score (nSPS) is 18.8. The van der Waals surface area contributed by atoms with E-state index >= 15 is 0 Å². The second-order valence-corrected chi connectivity index (χ2v) is 6.62. The van der Waals surface area contributed by atoms with Gasteiger partial charge in [0, 0.05) is 45.8 Å². The number of nitrogens with one attached hydrogen (secondary N) is 1. The Kier molecular flexibility index (Phi) is 6.23. The number of aromatic nitrogens is 2. The molecule has 1 fully saturated rings. The average Bonchev–Trinajstić information content (AvgIpc) is 2.77. The number of aliphatic imine (C=N–C) groups is 1. The fraction of sp³-hybridized carbons (Fsp3) is 0.706. The summed E-state index contributed by atoms with van der Waals surface area (Å²) in [6.45, 7) is 6.78. The van der Waals surface area contributed by atoms with Gasteiger partial charge in [-0.15, -0.1) is 0 Å². The van der Waals surface area contributed by atoms with E-state index in [4.69, 9.17) is 5.73 Å². The number of likely N-dealkylation sites (tertiary alicyclic amines) is 1. The van der Waals surface area contributed by atoms with Crippen LogP contribution in [-0.4, -0.2) is 53.2 Å². The Balaban J connectivity index is 1.89. The third-order valence-electron chi connectivity index (χ3n) is 4.84.